The first-order valence-corrected chi connectivity index (χ1v) is 11.0. The summed E-state index contributed by atoms with van der Waals surface area (Å²) in [5, 5.41) is 20.8. The van der Waals surface area contributed by atoms with Crippen LogP contribution in [0.25, 0.3) is 5.57 Å². The van der Waals surface area contributed by atoms with Gasteiger partial charge >= 0.3 is 0 Å². The Kier molecular flexibility index (Phi) is 4.33. The van der Waals surface area contributed by atoms with Gasteiger partial charge in [0.15, 0.2) is 17.3 Å². The number of hydrogen-bond donors (Lipinski definition) is 2. The van der Waals surface area contributed by atoms with E-state index < -0.39 is 10.8 Å². The predicted octanol–water partition coefficient (Wildman–Crippen LogP) is 3.08. The molecule has 1 saturated heterocycles. The minimum Gasteiger partial charge on any atom is -0.504 e. The third-order valence-electron chi connectivity index (χ3n) is 8.02. The Balaban J connectivity index is 1.88. The lowest BCUT2D eigenvalue weighted by Gasteiger charge is -2.60. The van der Waals surface area contributed by atoms with Gasteiger partial charge in [0.2, 0.25) is 0 Å². The molecule has 5 bridgehead atoms. The molecular weight excluding hydrogens is 450 g/mol. The highest BCUT2D eigenvalue weighted by atomic mass is 79.9. The van der Waals surface area contributed by atoms with Gasteiger partial charge in [-0.25, -0.2) is 0 Å². The van der Waals surface area contributed by atoms with Crippen molar-refractivity contribution in [1.82, 2.24) is 4.90 Å². The number of allylic oxidation sites excluding steroid dienone is 1. The molecule has 0 amide bonds. The fourth-order valence-corrected chi connectivity index (χ4v) is 7.78. The highest BCUT2D eigenvalue weighted by Gasteiger charge is 2.76. The van der Waals surface area contributed by atoms with Crippen LogP contribution in [-0.4, -0.2) is 67.0 Å². The van der Waals surface area contributed by atoms with E-state index in [0.717, 1.165) is 23.2 Å². The van der Waals surface area contributed by atoms with E-state index in [1.807, 2.05) is 6.08 Å². The maximum absolute atomic E-state index is 13.4. The van der Waals surface area contributed by atoms with Crippen molar-refractivity contribution in [2.45, 2.75) is 25.0 Å². The number of nitrogens with zero attached hydrogens (tertiary/aromatic N) is 1. The number of phenolic OH excluding ortho intramolecular Hbond substituents is 2. The zero-order chi connectivity index (χ0) is 21.6. The number of rotatable bonds is 4. The van der Waals surface area contributed by atoms with E-state index in [2.05, 4.69) is 34.3 Å². The Labute approximate surface area is 184 Å². The maximum atomic E-state index is 13.4. The Hall–Kier alpha value is -1.67. The van der Waals surface area contributed by atoms with Crippen LogP contribution in [0.2, 0.25) is 0 Å². The molecule has 4 aliphatic rings. The SMILES string of the molecule is C=C1c2c(cc(O)c(O)c2Br)[C@@H]2C3N(CC)C[C@]4(COC)C(=O)C=C[C@]13[C@@H]4[C@H]2OC. The first kappa shape index (κ1) is 20.2. The van der Waals surface area contributed by atoms with Crippen LogP contribution in [0.4, 0.5) is 0 Å². The minimum atomic E-state index is -0.743. The molecule has 1 heterocycles. The molecule has 1 aromatic carbocycles. The third-order valence-corrected chi connectivity index (χ3v) is 8.79. The summed E-state index contributed by atoms with van der Waals surface area (Å²) < 4.78 is 12.2. The van der Waals surface area contributed by atoms with E-state index in [4.69, 9.17) is 9.47 Å². The van der Waals surface area contributed by atoms with Gasteiger partial charge in [-0.15, -0.1) is 0 Å². The zero-order valence-electron chi connectivity index (χ0n) is 17.3. The van der Waals surface area contributed by atoms with Crippen LogP contribution < -0.4 is 0 Å². The van der Waals surface area contributed by atoms with E-state index in [0.29, 0.717) is 17.6 Å². The molecule has 3 aliphatic carbocycles. The van der Waals surface area contributed by atoms with Gasteiger partial charge in [-0.2, -0.15) is 0 Å². The Bertz CT molecular complexity index is 1010. The molecule has 6 nitrogen and oxygen atoms in total. The van der Waals surface area contributed by atoms with Crippen molar-refractivity contribution in [1.29, 1.82) is 0 Å². The summed E-state index contributed by atoms with van der Waals surface area (Å²) in [6.45, 7) is 8.28. The molecule has 1 unspecified atom stereocenters. The summed E-state index contributed by atoms with van der Waals surface area (Å²) in [6.07, 6.45) is 3.47. The fraction of sp³-hybridized carbons (Fsp3) is 0.522. The molecule has 1 saturated carbocycles. The second-order valence-corrected chi connectivity index (χ2v) is 9.73. The molecule has 160 valence electrons. The lowest BCUT2D eigenvalue weighted by atomic mass is 9.50. The van der Waals surface area contributed by atoms with Crippen LogP contribution in [0.5, 0.6) is 11.5 Å². The van der Waals surface area contributed by atoms with Gasteiger partial charge < -0.3 is 19.7 Å². The molecule has 5 rings (SSSR count). The van der Waals surface area contributed by atoms with Gasteiger partial charge in [-0.05, 0) is 51.3 Å². The first-order valence-electron chi connectivity index (χ1n) is 10.2. The average molecular weight is 476 g/mol. The van der Waals surface area contributed by atoms with Gasteiger partial charge in [-0.1, -0.05) is 19.6 Å². The van der Waals surface area contributed by atoms with Gasteiger partial charge in [0.25, 0.3) is 0 Å². The fourth-order valence-electron chi connectivity index (χ4n) is 7.11. The summed E-state index contributed by atoms with van der Waals surface area (Å²) >= 11 is 3.50. The molecule has 1 spiro atoms. The third kappa shape index (κ3) is 2.03. The number of halogens is 1. The molecule has 30 heavy (non-hydrogen) atoms. The van der Waals surface area contributed by atoms with Gasteiger partial charge in [0.1, 0.15) is 0 Å². The highest BCUT2D eigenvalue weighted by molar-refractivity contribution is 9.10. The van der Waals surface area contributed by atoms with Crippen LogP contribution in [0, 0.1) is 16.7 Å². The Morgan fingerprint density at radius 2 is 2.10 bits per heavy atom. The topological polar surface area (TPSA) is 79.2 Å². The van der Waals surface area contributed by atoms with E-state index in [9.17, 15) is 15.0 Å². The van der Waals surface area contributed by atoms with Gasteiger partial charge in [0.05, 0.1) is 22.6 Å². The zero-order valence-corrected chi connectivity index (χ0v) is 18.9. The molecule has 6 atom stereocenters. The van der Waals surface area contributed by atoms with E-state index in [1.165, 1.54) is 0 Å². The van der Waals surface area contributed by atoms with Crippen molar-refractivity contribution in [2.24, 2.45) is 16.7 Å². The summed E-state index contributed by atoms with van der Waals surface area (Å²) in [4.78, 5) is 15.8. The second-order valence-electron chi connectivity index (χ2n) is 8.93. The summed E-state index contributed by atoms with van der Waals surface area (Å²) in [5.41, 5.74) is 1.27. The van der Waals surface area contributed by atoms with Crippen LogP contribution in [0.1, 0.15) is 24.0 Å². The molecule has 7 heteroatoms. The average Bonchev–Trinajstić information content (AvgIpc) is 2.90. The molecule has 0 radical (unpaired) electrons. The number of phenols is 2. The summed E-state index contributed by atoms with van der Waals surface area (Å²) in [7, 11) is 3.32. The second kappa shape index (κ2) is 6.42. The van der Waals surface area contributed by atoms with Crippen LogP contribution >= 0.6 is 15.9 Å². The van der Waals surface area contributed by atoms with Crippen LogP contribution in [-0.2, 0) is 14.3 Å². The monoisotopic (exact) mass is 475 g/mol. The summed E-state index contributed by atoms with van der Waals surface area (Å²) in [5.74, 6) is -0.546. The number of benzene rings is 1. The highest BCUT2D eigenvalue weighted by Crippen LogP contribution is 2.73. The number of hydrogen-bond acceptors (Lipinski definition) is 6. The standard InChI is InChI=1S/C23H26BrNO5/c1-5-25-9-22(10-29-3)14(27)6-7-23-11(2)15-12(8-13(26)18(28)17(15)24)16(21(23)25)19(30-4)20(22)23/h6-8,16,19-21,26,28H,2,5,9-10H2,1,3-4H3/t16-,19-,20+,21?,22-,23+/m0/s1. The van der Waals surface area contributed by atoms with Crippen LogP contribution in [0.15, 0.2) is 29.3 Å². The van der Waals surface area contributed by atoms with Crippen molar-refractivity contribution in [2.75, 3.05) is 33.9 Å². The minimum absolute atomic E-state index is 0.0441. The number of ketones is 1. The van der Waals surface area contributed by atoms with Crippen LogP contribution in [0.3, 0.4) is 0 Å². The quantitative estimate of drug-likeness (QED) is 0.651. The largest absolute Gasteiger partial charge is 0.504 e. The number of likely N-dealkylation sites (N-methyl/N-ethyl adjacent to an activating group) is 1. The normalized spacial score (nSPS) is 38.8. The van der Waals surface area contributed by atoms with Crippen molar-refractivity contribution in [3.8, 4) is 11.5 Å². The molecule has 0 aromatic heterocycles. The van der Waals surface area contributed by atoms with Crippen molar-refractivity contribution >= 4 is 27.3 Å². The smallest absolute Gasteiger partial charge is 0.172 e. The van der Waals surface area contributed by atoms with Gasteiger partial charge in [-0.3, -0.25) is 9.69 Å². The number of carbonyl (C=O) groups excluding carboxylic acids is 1. The molecule has 1 aromatic rings. The predicted molar refractivity (Wildman–Crippen MR) is 115 cm³/mol. The number of piperidine rings is 1. The number of ether oxygens (including phenoxy) is 2. The maximum Gasteiger partial charge on any atom is 0.172 e. The first-order chi connectivity index (χ1) is 14.3. The Morgan fingerprint density at radius 3 is 2.73 bits per heavy atom. The molecule has 2 N–H and O–H groups in total. The molecule has 2 fully saturated rings. The molecular formula is C23H26BrNO5. The van der Waals surface area contributed by atoms with E-state index in [1.54, 1.807) is 26.4 Å². The lowest BCUT2D eigenvalue weighted by molar-refractivity contribution is -0.150. The van der Waals surface area contributed by atoms with E-state index >= 15 is 0 Å². The number of aromatic hydroxyl groups is 2. The number of carbonyl (C=O) groups is 1. The molecule has 1 aliphatic heterocycles. The number of likely N-dealkylation sites (tertiary alicyclic amines) is 1. The number of methoxy groups -OCH3 is 2. The number of fused-ring (bicyclic) bond motifs is 2. The van der Waals surface area contributed by atoms with Gasteiger partial charge in [0, 0.05) is 44.1 Å². The van der Waals surface area contributed by atoms with Crippen molar-refractivity contribution in [3.63, 3.8) is 0 Å². The Morgan fingerprint density at radius 1 is 1.37 bits per heavy atom. The lowest BCUT2D eigenvalue weighted by Crippen LogP contribution is -2.67. The van der Waals surface area contributed by atoms with E-state index in [-0.39, 0.29) is 41.3 Å². The summed E-state index contributed by atoms with van der Waals surface area (Å²) in [6, 6.07) is 1.68. The van der Waals surface area contributed by atoms with Crippen molar-refractivity contribution in [3.05, 3.63) is 40.4 Å². The van der Waals surface area contributed by atoms with Crippen molar-refractivity contribution < 1.29 is 24.5 Å².